The summed E-state index contributed by atoms with van der Waals surface area (Å²) in [7, 11) is 0. The van der Waals surface area contributed by atoms with Crippen molar-refractivity contribution < 1.29 is 14.0 Å². The Hall–Kier alpha value is -4.13. The number of fused-ring (bicyclic) bond motifs is 2. The fraction of sp³-hybridized carbons (Fsp3) is 0.120. The molecule has 0 radical (unpaired) electrons. The van der Waals surface area contributed by atoms with Crippen LogP contribution in [-0.4, -0.2) is 32.6 Å². The van der Waals surface area contributed by atoms with Gasteiger partial charge in [-0.3, -0.25) is 23.7 Å². The zero-order valence-electron chi connectivity index (χ0n) is 17.2. The molecule has 1 aliphatic heterocycles. The van der Waals surface area contributed by atoms with E-state index in [1.54, 1.807) is 55.5 Å². The Bertz CT molecular complexity index is 1440. The summed E-state index contributed by atoms with van der Waals surface area (Å²) in [6, 6.07) is 17.8. The highest BCUT2D eigenvalue weighted by Crippen LogP contribution is 2.25. The molecule has 0 aliphatic carbocycles. The lowest BCUT2D eigenvalue weighted by Gasteiger charge is -2.16. The van der Waals surface area contributed by atoms with Crippen molar-refractivity contribution in [1.29, 1.82) is 0 Å². The second-order valence-corrected chi connectivity index (χ2v) is 7.67. The van der Waals surface area contributed by atoms with Gasteiger partial charge in [0.25, 0.3) is 17.4 Å². The molecular weight excluding hydrogens is 409 g/mol. The Morgan fingerprint density at radius 1 is 0.875 bits per heavy atom. The third-order valence-electron chi connectivity index (χ3n) is 5.68. The minimum absolute atomic E-state index is 0.0586. The molecule has 32 heavy (non-hydrogen) atoms. The van der Waals surface area contributed by atoms with E-state index in [9.17, 15) is 18.8 Å². The van der Waals surface area contributed by atoms with Gasteiger partial charge in [0.05, 0.1) is 22.4 Å². The summed E-state index contributed by atoms with van der Waals surface area (Å²) in [4.78, 5) is 44.7. The number of aromatic nitrogens is 2. The molecule has 0 saturated heterocycles. The van der Waals surface area contributed by atoms with Crippen LogP contribution in [-0.2, 0) is 6.42 Å². The summed E-state index contributed by atoms with van der Waals surface area (Å²) in [6.45, 7) is 1.85. The number of benzene rings is 2. The number of hydrogen-bond donors (Lipinski definition) is 0. The van der Waals surface area contributed by atoms with Crippen LogP contribution in [0.3, 0.4) is 0 Å². The number of halogens is 1. The molecule has 3 heterocycles. The predicted molar refractivity (Wildman–Crippen MR) is 117 cm³/mol. The molecule has 0 unspecified atom stereocenters. The minimum atomic E-state index is -0.469. The van der Waals surface area contributed by atoms with Crippen LogP contribution in [0.4, 0.5) is 4.39 Å². The van der Waals surface area contributed by atoms with E-state index < -0.39 is 5.82 Å². The SMILES string of the molecule is Cc1cccc2nc(CCN3C(=O)c4ccccc4C3=O)c(-c3cccc(F)c3)c(=O)n12. The highest BCUT2D eigenvalue weighted by Gasteiger charge is 2.35. The number of rotatable bonds is 4. The molecule has 0 N–H and O–H groups in total. The van der Waals surface area contributed by atoms with Gasteiger partial charge in [0, 0.05) is 18.7 Å². The Kier molecular flexibility index (Phi) is 4.66. The average Bonchev–Trinajstić information content (AvgIpc) is 3.02. The zero-order chi connectivity index (χ0) is 22.4. The number of imide groups is 1. The molecule has 6 nitrogen and oxygen atoms in total. The molecule has 7 heteroatoms. The van der Waals surface area contributed by atoms with Gasteiger partial charge in [-0.2, -0.15) is 0 Å². The maximum absolute atomic E-state index is 14.0. The van der Waals surface area contributed by atoms with Crippen molar-refractivity contribution in [1.82, 2.24) is 14.3 Å². The van der Waals surface area contributed by atoms with Crippen molar-refractivity contribution in [2.45, 2.75) is 13.3 Å². The molecular formula is C25H18FN3O3. The molecule has 0 saturated carbocycles. The lowest BCUT2D eigenvalue weighted by molar-refractivity contribution is 0.0656. The van der Waals surface area contributed by atoms with E-state index in [4.69, 9.17) is 0 Å². The molecule has 0 bridgehead atoms. The van der Waals surface area contributed by atoms with E-state index >= 15 is 0 Å². The van der Waals surface area contributed by atoms with Gasteiger partial charge in [-0.15, -0.1) is 0 Å². The van der Waals surface area contributed by atoms with Gasteiger partial charge in [0.15, 0.2) is 0 Å². The van der Waals surface area contributed by atoms with Crippen LogP contribution in [0.5, 0.6) is 0 Å². The molecule has 158 valence electrons. The van der Waals surface area contributed by atoms with Crippen LogP contribution in [0, 0.1) is 12.7 Å². The van der Waals surface area contributed by atoms with Crippen LogP contribution in [0.25, 0.3) is 16.8 Å². The fourth-order valence-corrected chi connectivity index (χ4v) is 4.16. The van der Waals surface area contributed by atoms with Crippen LogP contribution in [0.2, 0.25) is 0 Å². The minimum Gasteiger partial charge on any atom is -0.274 e. The average molecular weight is 427 g/mol. The first-order chi connectivity index (χ1) is 15.5. The Morgan fingerprint density at radius 2 is 1.56 bits per heavy atom. The quantitative estimate of drug-likeness (QED) is 0.466. The molecule has 5 rings (SSSR count). The van der Waals surface area contributed by atoms with E-state index in [1.165, 1.54) is 27.5 Å². The first-order valence-electron chi connectivity index (χ1n) is 10.2. The molecule has 0 spiro atoms. The molecule has 0 fully saturated rings. The van der Waals surface area contributed by atoms with Crippen molar-refractivity contribution >= 4 is 17.5 Å². The van der Waals surface area contributed by atoms with Crippen molar-refractivity contribution in [3.8, 4) is 11.1 Å². The van der Waals surface area contributed by atoms with E-state index in [0.717, 1.165) is 0 Å². The first kappa shape index (κ1) is 19.8. The Morgan fingerprint density at radius 3 is 2.25 bits per heavy atom. The standard InChI is InChI=1S/C25H18FN3O3/c1-15-6-4-11-21-27-20(22(25(32)29(15)21)16-7-5-8-17(26)14-16)12-13-28-23(30)18-9-2-3-10-19(18)24(28)31/h2-11,14H,12-13H2,1H3. The number of aryl methyl sites for hydroxylation is 1. The number of pyridine rings is 1. The molecule has 0 atom stereocenters. The maximum Gasteiger partial charge on any atom is 0.266 e. The summed E-state index contributed by atoms with van der Waals surface area (Å²) in [5.41, 5.74) is 2.62. The van der Waals surface area contributed by atoms with Gasteiger partial charge >= 0.3 is 0 Å². The fourth-order valence-electron chi connectivity index (χ4n) is 4.16. The van der Waals surface area contributed by atoms with Crippen LogP contribution < -0.4 is 5.56 Å². The van der Waals surface area contributed by atoms with Gasteiger partial charge in [0.2, 0.25) is 0 Å². The second kappa shape index (κ2) is 7.53. The molecule has 2 aromatic carbocycles. The number of nitrogens with zero attached hydrogens (tertiary/aromatic N) is 3. The molecule has 2 aromatic heterocycles. The highest BCUT2D eigenvalue weighted by molar-refractivity contribution is 6.21. The zero-order valence-corrected chi connectivity index (χ0v) is 17.2. The third kappa shape index (κ3) is 3.10. The van der Waals surface area contributed by atoms with Crippen molar-refractivity contribution in [3.05, 3.63) is 105 Å². The number of carbonyl (C=O) groups is 2. The predicted octanol–water partition coefficient (Wildman–Crippen LogP) is 3.65. The third-order valence-corrected chi connectivity index (χ3v) is 5.68. The topological polar surface area (TPSA) is 71.8 Å². The maximum atomic E-state index is 14.0. The first-order valence-corrected chi connectivity index (χ1v) is 10.2. The van der Waals surface area contributed by atoms with E-state index in [0.29, 0.717) is 33.7 Å². The van der Waals surface area contributed by atoms with Gasteiger partial charge in [-0.1, -0.05) is 30.3 Å². The number of carbonyl (C=O) groups excluding carboxylic acids is 2. The summed E-state index contributed by atoms with van der Waals surface area (Å²) in [5, 5.41) is 0. The Labute approximate surface area is 182 Å². The van der Waals surface area contributed by atoms with Crippen LogP contribution in [0.15, 0.2) is 71.5 Å². The summed E-state index contributed by atoms with van der Waals surface area (Å²) >= 11 is 0. The molecule has 4 aromatic rings. The molecule has 1 aliphatic rings. The summed E-state index contributed by atoms with van der Waals surface area (Å²) in [5.74, 6) is -1.21. The van der Waals surface area contributed by atoms with Crippen molar-refractivity contribution in [3.63, 3.8) is 0 Å². The normalized spacial score (nSPS) is 13.1. The monoisotopic (exact) mass is 427 g/mol. The lowest BCUT2D eigenvalue weighted by atomic mass is 10.0. The largest absolute Gasteiger partial charge is 0.274 e. The number of amides is 2. The Balaban J connectivity index is 1.60. The number of hydrogen-bond acceptors (Lipinski definition) is 4. The van der Waals surface area contributed by atoms with Crippen molar-refractivity contribution in [2.24, 2.45) is 0 Å². The van der Waals surface area contributed by atoms with E-state index in [1.807, 2.05) is 0 Å². The summed E-state index contributed by atoms with van der Waals surface area (Å²) < 4.78 is 15.4. The van der Waals surface area contributed by atoms with Gasteiger partial charge < -0.3 is 0 Å². The summed E-state index contributed by atoms with van der Waals surface area (Å²) in [6.07, 6.45) is 0.164. The van der Waals surface area contributed by atoms with E-state index in [2.05, 4.69) is 4.98 Å². The van der Waals surface area contributed by atoms with Gasteiger partial charge in [-0.25, -0.2) is 9.37 Å². The van der Waals surface area contributed by atoms with Crippen LogP contribution in [0.1, 0.15) is 32.1 Å². The van der Waals surface area contributed by atoms with Crippen LogP contribution >= 0.6 is 0 Å². The molecule has 2 amide bonds. The van der Waals surface area contributed by atoms with Gasteiger partial charge in [-0.05, 0) is 48.9 Å². The van der Waals surface area contributed by atoms with E-state index in [-0.39, 0.29) is 35.9 Å². The second-order valence-electron chi connectivity index (χ2n) is 7.67. The highest BCUT2D eigenvalue weighted by atomic mass is 19.1. The van der Waals surface area contributed by atoms with Gasteiger partial charge in [0.1, 0.15) is 11.5 Å². The van der Waals surface area contributed by atoms with Crippen molar-refractivity contribution in [2.75, 3.05) is 6.54 Å². The lowest BCUT2D eigenvalue weighted by Crippen LogP contribution is -2.32. The smallest absolute Gasteiger partial charge is 0.266 e.